The number of sulfonamides is 1. The molecule has 1 aliphatic rings. The fourth-order valence-electron chi connectivity index (χ4n) is 3.55. The minimum Gasteiger partial charge on any atom is -0.390 e. The lowest BCUT2D eigenvalue weighted by atomic mass is 10.0. The van der Waals surface area contributed by atoms with Crippen molar-refractivity contribution in [2.75, 3.05) is 13.1 Å². The van der Waals surface area contributed by atoms with Crippen LogP contribution in [0, 0.1) is 5.92 Å². The maximum absolute atomic E-state index is 13.1. The molecule has 0 radical (unpaired) electrons. The van der Waals surface area contributed by atoms with Crippen molar-refractivity contribution in [3.8, 4) is 0 Å². The molecule has 1 atom stereocenters. The lowest BCUT2D eigenvalue weighted by Crippen LogP contribution is -2.39. The predicted octanol–water partition coefficient (Wildman–Crippen LogP) is 1.58. The van der Waals surface area contributed by atoms with Crippen LogP contribution in [0.5, 0.6) is 0 Å². The molecular weight excluding hydrogens is 406 g/mol. The Balaban J connectivity index is 1.56. The quantitative estimate of drug-likeness (QED) is 0.635. The van der Waals surface area contributed by atoms with Crippen molar-refractivity contribution in [1.82, 2.24) is 19.5 Å². The molecule has 30 heavy (non-hydrogen) atoms. The topological polar surface area (TPSA) is 120 Å². The van der Waals surface area contributed by atoms with E-state index in [0.717, 1.165) is 18.4 Å². The third-order valence-electron chi connectivity index (χ3n) is 5.24. The highest BCUT2D eigenvalue weighted by Crippen LogP contribution is 2.25. The van der Waals surface area contributed by atoms with Gasteiger partial charge in [-0.3, -0.25) is 4.79 Å². The molecule has 1 amide bonds. The van der Waals surface area contributed by atoms with Crippen molar-refractivity contribution in [3.05, 3.63) is 53.6 Å². The van der Waals surface area contributed by atoms with Gasteiger partial charge in [0.15, 0.2) is 0 Å². The van der Waals surface area contributed by atoms with Gasteiger partial charge in [-0.05, 0) is 59.9 Å². The van der Waals surface area contributed by atoms with Gasteiger partial charge in [0.25, 0.3) is 0 Å². The largest absolute Gasteiger partial charge is 0.390 e. The summed E-state index contributed by atoms with van der Waals surface area (Å²) in [6.07, 6.45) is 1.90. The monoisotopic (exact) mass is 429 g/mol. The third-order valence-corrected chi connectivity index (χ3v) is 7.10. The molecular formula is C20H23N5O4S. The highest BCUT2D eigenvalue weighted by Gasteiger charge is 2.29. The standard InChI is InChI=1S/C20H23N5O4S/c1-14-3-2-10-24(12-14)30(27,28)17-8-9-18-19(11-17)25(23-22-18)29-13-15-4-6-16(7-5-15)20(21)26/h4-9,11,14H,2-3,10,12-13H2,1H3,(H2,21,26). The number of rotatable bonds is 6. The van der Waals surface area contributed by atoms with E-state index in [2.05, 4.69) is 17.2 Å². The van der Waals surface area contributed by atoms with E-state index in [1.54, 1.807) is 42.5 Å². The van der Waals surface area contributed by atoms with Crippen molar-refractivity contribution < 1.29 is 18.0 Å². The van der Waals surface area contributed by atoms with Gasteiger partial charge in [-0.25, -0.2) is 8.42 Å². The van der Waals surface area contributed by atoms with E-state index in [1.807, 2.05) is 0 Å². The molecule has 2 heterocycles. The van der Waals surface area contributed by atoms with E-state index >= 15 is 0 Å². The summed E-state index contributed by atoms with van der Waals surface area (Å²) in [4.78, 5) is 18.3. The number of benzene rings is 2. The number of hydrogen-bond acceptors (Lipinski definition) is 6. The number of nitrogens with zero attached hydrogens (tertiary/aromatic N) is 4. The van der Waals surface area contributed by atoms with Crippen LogP contribution in [0.2, 0.25) is 0 Å². The minimum absolute atomic E-state index is 0.165. The van der Waals surface area contributed by atoms with Crippen molar-refractivity contribution >= 4 is 27.0 Å². The number of amides is 1. The van der Waals surface area contributed by atoms with Crippen LogP contribution in [0.15, 0.2) is 47.4 Å². The summed E-state index contributed by atoms with van der Waals surface area (Å²) >= 11 is 0. The average molecular weight is 430 g/mol. The number of fused-ring (bicyclic) bond motifs is 1. The Kier molecular flexibility index (Phi) is 5.44. The van der Waals surface area contributed by atoms with Gasteiger partial charge >= 0.3 is 0 Å². The van der Waals surface area contributed by atoms with Gasteiger partial charge in [-0.2, -0.15) is 4.31 Å². The lowest BCUT2D eigenvalue weighted by Gasteiger charge is -2.30. The zero-order chi connectivity index (χ0) is 21.3. The molecule has 1 aliphatic heterocycles. The van der Waals surface area contributed by atoms with Crippen LogP contribution in [0.1, 0.15) is 35.7 Å². The number of aromatic nitrogens is 3. The molecule has 0 spiro atoms. The Morgan fingerprint density at radius 1 is 1.23 bits per heavy atom. The van der Waals surface area contributed by atoms with Crippen LogP contribution in [-0.4, -0.2) is 46.9 Å². The molecule has 158 valence electrons. The van der Waals surface area contributed by atoms with Crippen LogP contribution in [0.4, 0.5) is 0 Å². The number of piperidine rings is 1. The van der Waals surface area contributed by atoms with Gasteiger partial charge in [0, 0.05) is 18.7 Å². The van der Waals surface area contributed by atoms with Crippen LogP contribution in [0.3, 0.4) is 0 Å². The van der Waals surface area contributed by atoms with Crippen LogP contribution in [-0.2, 0) is 16.6 Å². The summed E-state index contributed by atoms with van der Waals surface area (Å²) in [5.74, 6) is -0.157. The van der Waals surface area contributed by atoms with Crippen molar-refractivity contribution in [1.29, 1.82) is 0 Å². The minimum atomic E-state index is -3.60. The van der Waals surface area contributed by atoms with E-state index in [0.29, 0.717) is 35.6 Å². The normalized spacial score (nSPS) is 17.8. The summed E-state index contributed by atoms with van der Waals surface area (Å²) in [6.45, 7) is 3.28. The van der Waals surface area contributed by atoms with E-state index in [-0.39, 0.29) is 11.5 Å². The number of nitrogens with two attached hydrogens (primary N) is 1. The fraction of sp³-hybridized carbons (Fsp3) is 0.350. The second kappa shape index (κ2) is 8.04. The number of carbonyl (C=O) groups is 1. The van der Waals surface area contributed by atoms with Crippen LogP contribution < -0.4 is 10.6 Å². The molecule has 2 N–H and O–H groups in total. The number of carbonyl (C=O) groups excluding carboxylic acids is 1. The second-order valence-corrected chi connectivity index (χ2v) is 9.50. The average Bonchev–Trinajstić information content (AvgIpc) is 3.15. The fourth-order valence-corrected chi connectivity index (χ4v) is 5.17. The van der Waals surface area contributed by atoms with Crippen LogP contribution in [0.25, 0.3) is 11.0 Å². The molecule has 0 saturated carbocycles. The number of hydrogen-bond donors (Lipinski definition) is 1. The first-order valence-corrected chi connectivity index (χ1v) is 11.2. The van der Waals surface area contributed by atoms with E-state index in [9.17, 15) is 13.2 Å². The summed E-state index contributed by atoms with van der Waals surface area (Å²) in [5.41, 5.74) is 7.45. The highest BCUT2D eigenvalue weighted by atomic mass is 32.2. The zero-order valence-corrected chi connectivity index (χ0v) is 17.4. The first kappa shape index (κ1) is 20.3. The van der Waals surface area contributed by atoms with Gasteiger partial charge in [-0.15, -0.1) is 5.10 Å². The van der Waals surface area contributed by atoms with Crippen LogP contribution >= 0.6 is 0 Å². The molecule has 2 aromatic carbocycles. The van der Waals surface area contributed by atoms with E-state index in [1.165, 1.54) is 9.15 Å². The molecule has 1 aromatic heterocycles. The van der Waals surface area contributed by atoms with Gasteiger partial charge in [0.2, 0.25) is 15.9 Å². The summed E-state index contributed by atoms with van der Waals surface area (Å²) in [7, 11) is -3.60. The Hall–Kier alpha value is -2.98. The van der Waals surface area contributed by atoms with E-state index in [4.69, 9.17) is 10.6 Å². The second-order valence-electron chi connectivity index (χ2n) is 7.56. The summed E-state index contributed by atoms with van der Waals surface area (Å²) < 4.78 is 27.7. The lowest BCUT2D eigenvalue weighted by molar-refractivity contribution is 0.0751. The Morgan fingerprint density at radius 3 is 2.70 bits per heavy atom. The smallest absolute Gasteiger partial charge is 0.248 e. The molecule has 1 fully saturated rings. The summed E-state index contributed by atoms with van der Waals surface area (Å²) in [5, 5.41) is 8.00. The molecule has 0 aliphatic carbocycles. The Labute approximate surface area is 174 Å². The Morgan fingerprint density at radius 2 is 2.00 bits per heavy atom. The van der Waals surface area contributed by atoms with Crippen molar-refractivity contribution in [2.45, 2.75) is 31.3 Å². The maximum Gasteiger partial charge on any atom is 0.248 e. The molecule has 1 unspecified atom stereocenters. The van der Waals surface area contributed by atoms with Gasteiger partial charge < -0.3 is 10.6 Å². The molecule has 10 heteroatoms. The first-order chi connectivity index (χ1) is 14.3. The number of primary amides is 1. The molecule has 3 aromatic rings. The highest BCUT2D eigenvalue weighted by molar-refractivity contribution is 7.89. The van der Waals surface area contributed by atoms with Gasteiger partial charge in [-0.1, -0.05) is 23.9 Å². The Bertz CT molecular complexity index is 1170. The van der Waals surface area contributed by atoms with Gasteiger partial charge in [0.05, 0.1) is 4.90 Å². The van der Waals surface area contributed by atoms with Crippen molar-refractivity contribution in [2.24, 2.45) is 11.7 Å². The molecule has 0 bridgehead atoms. The third kappa shape index (κ3) is 4.01. The summed E-state index contributed by atoms with van der Waals surface area (Å²) in [6, 6.07) is 11.4. The molecule has 9 nitrogen and oxygen atoms in total. The van der Waals surface area contributed by atoms with Crippen molar-refractivity contribution in [3.63, 3.8) is 0 Å². The zero-order valence-electron chi connectivity index (χ0n) is 16.6. The SMILES string of the molecule is CC1CCCN(S(=O)(=O)c2ccc3nnn(OCc4ccc(C(N)=O)cc4)c3c2)C1. The maximum atomic E-state index is 13.1. The predicted molar refractivity (Wildman–Crippen MR) is 110 cm³/mol. The molecule has 4 rings (SSSR count). The first-order valence-electron chi connectivity index (χ1n) is 9.72. The van der Waals surface area contributed by atoms with E-state index < -0.39 is 15.9 Å². The van der Waals surface area contributed by atoms with Gasteiger partial charge in [0.1, 0.15) is 17.6 Å². The molecule has 1 saturated heterocycles.